The van der Waals surface area contributed by atoms with Gasteiger partial charge in [-0.15, -0.1) is 0 Å². The van der Waals surface area contributed by atoms with Gasteiger partial charge in [0.15, 0.2) is 6.10 Å². The Morgan fingerprint density at radius 2 is 1.46 bits per heavy atom. The molecule has 0 aliphatic heterocycles. The molecule has 4 bridgehead atoms. The van der Waals surface area contributed by atoms with E-state index in [0.717, 1.165) is 37.5 Å². The number of halogens is 2. The zero-order valence-electron chi connectivity index (χ0n) is 16.2. The third-order valence-electron chi connectivity index (χ3n) is 6.43. The van der Waals surface area contributed by atoms with Crippen LogP contribution in [0.15, 0.2) is 0 Å². The Hall–Kier alpha value is -1.73. The Morgan fingerprint density at radius 1 is 0.964 bits per heavy atom. The predicted octanol–water partition coefficient (Wildman–Crippen LogP) is 2.09. The topological polar surface area (TPSA) is 92.7 Å². The van der Waals surface area contributed by atoms with Gasteiger partial charge in [0.1, 0.15) is 12.1 Å². The van der Waals surface area contributed by atoms with E-state index in [9.17, 15) is 28.3 Å². The van der Waals surface area contributed by atoms with Gasteiger partial charge in [-0.3, -0.25) is 9.59 Å². The average molecular weight is 401 g/mol. The second-order valence-corrected chi connectivity index (χ2v) is 8.95. The van der Waals surface area contributed by atoms with Gasteiger partial charge in [-0.05, 0) is 61.7 Å². The van der Waals surface area contributed by atoms with Crippen molar-refractivity contribution in [3.8, 4) is 0 Å². The van der Waals surface area contributed by atoms with E-state index in [0.29, 0.717) is 11.8 Å². The first kappa shape index (κ1) is 21.0. The number of ether oxygens (including phenoxy) is 2. The van der Waals surface area contributed by atoms with Crippen molar-refractivity contribution in [3.63, 3.8) is 0 Å². The average Bonchev–Trinajstić information content (AvgIpc) is 2.59. The summed E-state index contributed by atoms with van der Waals surface area (Å²) in [6, 6.07) is 0. The first-order valence-corrected chi connectivity index (χ1v) is 10.1. The monoisotopic (exact) mass is 401 g/mol. The van der Waals surface area contributed by atoms with E-state index in [4.69, 9.17) is 4.74 Å². The maximum absolute atomic E-state index is 13.7. The third-order valence-corrected chi connectivity index (χ3v) is 6.43. The van der Waals surface area contributed by atoms with Crippen molar-refractivity contribution >= 4 is 17.9 Å². The van der Waals surface area contributed by atoms with Crippen molar-refractivity contribution in [3.05, 3.63) is 0 Å². The highest BCUT2D eigenvalue weighted by molar-refractivity contribution is 5.79. The number of hydrogen-bond donors (Lipinski definition) is 0. The van der Waals surface area contributed by atoms with Crippen molar-refractivity contribution in [1.29, 1.82) is 0 Å². The minimum absolute atomic E-state index is 0.109. The van der Waals surface area contributed by atoms with Crippen molar-refractivity contribution in [2.75, 3.05) is 0 Å². The number of carbonyl (C=O) groups is 3. The lowest BCUT2D eigenvalue weighted by Crippen LogP contribution is -2.53. The Morgan fingerprint density at radius 3 is 1.93 bits per heavy atom. The lowest BCUT2D eigenvalue weighted by atomic mass is 9.55. The van der Waals surface area contributed by atoms with Crippen LogP contribution >= 0.6 is 0 Å². The molecule has 4 aliphatic rings. The number of rotatable bonds is 8. The van der Waals surface area contributed by atoms with Crippen molar-refractivity contribution in [1.82, 2.24) is 0 Å². The number of carbonyl (C=O) groups excluding carboxylic acids is 3. The minimum atomic E-state index is -4.30. The Labute approximate surface area is 162 Å². The summed E-state index contributed by atoms with van der Waals surface area (Å²) in [6.45, 7) is 2.63. The second-order valence-electron chi connectivity index (χ2n) is 8.95. The van der Waals surface area contributed by atoms with Crippen LogP contribution in [-0.4, -0.2) is 36.0 Å². The molecule has 4 rings (SSSR count). The van der Waals surface area contributed by atoms with Gasteiger partial charge >= 0.3 is 17.9 Å². The molecule has 0 amide bonds. The smallest absolute Gasteiger partial charge is 0.323 e. The summed E-state index contributed by atoms with van der Waals surface area (Å²) in [5, 5.41) is 10.6. The fraction of sp³-hybridized carbons (Fsp3) is 0.850. The predicted molar refractivity (Wildman–Crippen MR) is 90.8 cm³/mol. The summed E-state index contributed by atoms with van der Waals surface area (Å²) in [4.78, 5) is 34.7. The van der Waals surface area contributed by atoms with Crippen LogP contribution in [0.2, 0.25) is 0 Å². The molecule has 4 aliphatic carbocycles. The molecular formula is C20H27F2O6-. The summed E-state index contributed by atoms with van der Waals surface area (Å²) < 4.78 is 37.6. The molecule has 4 saturated carbocycles. The molecule has 0 aromatic heterocycles. The summed E-state index contributed by atoms with van der Waals surface area (Å²) >= 11 is 0. The quantitative estimate of drug-likeness (QED) is 0.578. The highest BCUT2D eigenvalue weighted by Crippen LogP contribution is 2.54. The molecule has 0 saturated heterocycles. The van der Waals surface area contributed by atoms with Crippen LogP contribution in [0.4, 0.5) is 8.78 Å². The number of aliphatic carboxylic acids is 1. The zero-order valence-corrected chi connectivity index (χ0v) is 16.2. The first-order chi connectivity index (χ1) is 13.1. The molecule has 0 spiro atoms. The van der Waals surface area contributed by atoms with Crippen LogP contribution in [0, 0.1) is 29.6 Å². The Kier molecular flexibility index (Phi) is 5.96. The van der Waals surface area contributed by atoms with Gasteiger partial charge in [-0.25, -0.2) is 0 Å². The van der Waals surface area contributed by atoms with Crippen LogP contribution in [0.5, 0.6) is 0 Å². The van der Waals surface area contributed by atoms with Crippen molar-refractivity contribution < 1.29 is 37.7 Å². The molecule has 6 nitrogen and oxygen atoms in total. The number of alkyl halides is 2. The Bertz CT molecular complexity index is 604. The second kappa shape index (κ2) is 7.95. The van der Waals surface area contributed by atoms with Crippen LogP contribution < -0.4 is 5.11 Å². The fourth-order valence-electron chi connectivity index (χ4n) is 5.43. The number of hydrogen-bond acceptors (Lipinski definition) is 6. The van der Waals surface area contributed by atoms with Gasteiger partial charge in [0.05, 0.1) is 12.8 Å². The molecule has 0 radical (unpaired) electrons. The van der Waals surface area contributed by atoms with E-state index in [-0.39, 0.29) is 12.5 Å². The molecule has 0 heterocycles. The lowest BCUT2D eigenvalue weighted by Gasteiger charge is -2.53. The molecule has 0 aromatic carbocycles. The summed E-state index contributed by atoms with van der Waals surface area (Å²) in [5.41, 5.74) is 0. The largest absolute Gasteiger partial charge is 0.544 e. The van der Waals surface area contributed by atoms with Gasteiger partial charge < -0.3 is 19.4 Å². The SMILES string of the molecule is CC(C)C(OC(=O)CCC(=O)OC1C2CC3CC(C2)CC1C3)C(F)(F)C(=O)[O-]. The molecule has 8 heteroatoms. The minimum Gasteiger partial charge on any atom is -0.544 e. The van der Waals surface area contributed by atoms with Crippen LogP contribution in [-0.2, 0) is 23.9 Å². The van der Waals surface area contributed by atoms with Crippen LogP contribution in [0.3, 0.4) is 0 Å². The highest BCUT2D eigenvalue weighted by Gasteiger charge is 2.50. The standard InChI is InChI=1S/C20H28F2O6/c1-10(2)18(20(21,22)19(25)26)28-16(24)4-3-15(23)27-17-13-6-11-5-12(8-13)9-14(17)7-11/h10-14,17-18H,3-9H2,1-2H3,(H,25,26)/p-1. The molecule has 158 valence electrons. The number of esters is 2. The van der Waals surface area contributed by atoms with E-state index >= 15 is 0 Å². The maximum Gasteiger partial charge on any atom is 0.323 e. The van der Waals surface area contributed by atoms with Crippen LogP contribution in [0.1, 0.15) is 58.8 Å². The van der Waals surface area contributed by atoms with E-state index < -0.39 is 42.3 Å². The van der Waals surface area contributed by atoms with Gasteiger partial charge in [0, 0.05) is 0 Å². The molecule has 1 atom stereocenters. The van der Waals surface area contributed by atoms with Crippen LogP contribution in [0.25, 0.3) is 0 Å². The van der Waals surface area contributed by atoms with Gasteiger partial charge in [-0.2, -0.15) is 8.78 Å². The molecule has 0 N–H and O–H groups in total. The van der Waals surface area contributed by atoms with E-state index in [1.165, 1.54) is 20.3 Å². The van der Waals surface area contributed by atoms with Gasteiger partial charge in [0.25, 0.3) is 0 Å². The fourth-order valence-corrected chi connectivity index (χ4v) is 5.43. The molecule has 1 unspecified atom stereocenters. The third kappa shape index (κ3) is 4.30. The van der Waals surface area contributed by atoms with Gasteiger partial charge in [-0.1, -0.05) is 13.8 Å². The van der Waals surface area contributed by atoms with E-state index in [1.54, 1.807) is 0 Å². The van der Waals surface area contributed by atoms with E-state index in [1.807, 2.05) is 0 Å². The summed E-state index contributed by atoms with van der Waals surface area (Å²) in [7, 11) is 0. The highest BCUT2D eigenvalue weighted by atomic mass is 19.3. The molecule has 28 heavy (non-hydrogen) atoms. The van der Waals surface area contributed by atoms with E-state index in [2.05, 4.69) is 4.74 Å². The molecular weight excluding hydrogens is 374 g/mol. The molecule has 4 fully saturated rings. The van der Waals surface area contributed by atoms with Crippen molar-refractivity contribution in [2.45, 2.75) is 76.9 Å². The normalized spacial score (nSPS) is 32.2. The summed E-state index contributed by atoms with van der Waals surface area (Å²) in [6.07, 6.45) is 2.66. The summed E-state index contributed by atoms with van der Waals surface area (Å²) in [5.74, 6) is -7.17. The van der Waals surface area contributed by atoms with Gasteiger partial charge in [0.2, 0.25) is 0 Å². The number of carboxylic acid groups (broad SMARTS) is 1. The zero-order chi connectivity index (χ0) is 20.6. The first-order valence-electron chi connectivity index (χ1n) is 10.1. The lowest BCUT2D eigenvalue weighted by molar-refractivity contribution is -0.337. The number of carboxylic acids is 1. The van der Waals surface area contributed by atoms with Crippen molar-refractivity contribution in [2.24, 2.45) is 29.6 Å². The Balaban J connectivity index is 1.48. The molecule has 0 aromatic rings. The maximum atomic E-state index is 13.7.